The van der Waals surface area contributed by atoms with E-state index in [1.54, 1.807) is 12.4 Å². The Bertz CT molecular complexity index is 252. The van der Waals surface area contributed by atoms with Crippen molar-refractivity contribution < 1.29 is 0 Å². The maximum absolute atomic E-state index is 4.20. The van der Waals surface area contributed by atoms with Crippen LogP contribution >= 0.6 is 11.8 Å². The summed E-state index contributed by atoms with van der Waals surface area (Å²) in [5.41, 5.74) is 0.964. The Kier molecular flexibility index (Phi) is 4.60. The molecule has 1 rings (SSSR count). The van der Waals surface area contributed by atoms with Crippen LogP contribution in [0.3, 0.4) is 0 Å². The summed E-state index contributed by atoms with van der Waals surface area (Å²) in [7, 11) is 0. The van der Waals surface area contributed by atoms with E-state index in [0.29, 0.717) is 0 Å². The van der Waals surface area contributed by atoms with Gasteiger partial charge in [-0.15, -0.1) is 0 Å². The van der Waals surface area contributed by atoms with Gasteiger partial charge in [0.25, 0.3) is 0 Å². The summed E-state index contributed by atoms with van der Waals surface area (Å²) in [5, 5.41) is 3.26. The molecule has 0 amide bonds. The van der Waals surface area contributed by atoms with Gasteiger partial charge in [0.15, 0.2) is 0 Å². The van der Waals surface area contributed by atoms with Crippen LogP contribution < -0.4 is 5.32 Å². The van der Waals surface area contributed by atoms with Crippen LogP contribution in [0.25, 0.3) is 0 Å². The van der Waals surface area contributed by atoms with Crippen LogP contribution in [0.5, 0.6) is 0 Å². The third-order valence-electron chi connectivity index (χ3n) is 1.70. The number of anilines is 1. The molecule has 1 aromatic heterocycles. The van der Waals surface area contributed by atoms with Gasteiger partial charge in [-0.05, 0) is 25.4 Å². The van der Waals surface area contributed by atoms with Crippen molar-refractivity contribution in [2.24, 2.45) is 0 Å². The molecule has 0 atom stereocenters. The molecule has 0 saturated carbocycles. The summed E-state index contributed by atoms with van der Waals surface area (Å²) in [6.07, 6.45) is 6.71. The lowest BCUT2D eigenvalue weighted by Crippen LogP contribution is -2.06. The van der Waals surface area contributed by atoms with Crippen molar-refractivity contribution in [3.05, 3.63) is 18.1 Å². The lowest BCUT2D eigenvalue weighted by atomic mass is 10.4. The van der Waals surface area contributed by atoms with Crippen LogP contribution in [0, 0.1) is 6.92 Å². The second-order valence-corrected chi connectivity index (χ2v) is 3.75. The average molecular weight is 197 g/mol. The Balaban J connectivity index is 2.32. The maximum Gasteiger partial charge on any atom is 0.147 e. The van der Waals surface area contributed by atoms with Gasteiger partial charge in [-0.2, -0.15) is 11.8 Å². The molecule has 0 radical (unpaired) electrons. The minimum Gasteiger partial charge on any atom is -0.369 e. The van der Waals surface area contributed by atoms with E-state index in [9.17, 15) is 0 Å². The Morgan fingerprint density at radius 1 is 1.38 bits per heavy atom. The summed E-state index contributed by atoms with van der Waals surface area (Å²) >= 11 is 1.86. The number of nitrogens with zero attached hydrogens (tertiary/aromatic N) is 2. The fourth-order valence-corrected chi connectivity index (χ4v) is 1.44. The lowest BCUT2D eigenvalue weighted by molar-refractivity contribution is 0.967. The molecule has 1 N–H and O–H groups in total. The smallest absolute Gasteiger partial charge is 0.147 e. The van der Waals surface area contributed by atoms with E-state index in [0.717, 1.165) is 24.5 Å². The molecule has 0 unspecified atom stereocenters. The largest absolute Gasteiger partial charge is 0.369 e. The number of thioether (sulfide) groups is 1. The van der Waals surface area contributed by atoms with Gasteiger partial charge in [-0.1, -0.05) is 0 Å². The summed E-state index contributed by atoms with van der Waals surface area (Å²) in [4.78, 5) is 8.34. The van der Waals surface area contributed by atoms with E-state index in [4.69, 9.17) is 0 Å². The van der Waals surface area contributed by atoms with Crippen molar-refractivity contribution in [2.45, 2.75) is 13.3 Å². The van der Waals surface area contributed by atoms with Crippen molar-refractivity contribution in [2.75, 3.05) is 23.9 Å². The Labute approximate surface area is 83.4 Å². The summed E-state index contributed by atoms with van der Waals surface area (Å²) in [6.45, 7) is 2.93. The predicted octanol–water partition coefficient (Wildman–Crippen LogP) is 1.95. The molecule has 0 fully saturated rings. The normalized spacial score (nSPS) is 10.0. The first-order valence-electron chi connectivity index (χ1n) is 4.35. The third-order valence-corrected chi connectivity index (χ3v) is 2.40. The molecular weight excluding hydrogens is 182 g/mol. The number of nitrogens with one attached hydrogen (secondary N) is 1. The van der Waals surface area contributed by atoms with E-state index in [-0.39, 0.29) is 0 Å². The quantitative estimate of drug-likeness (QED) is 0.732. The van der Waals surface area contributed by atoms with Crippen molar-refractivity contribution in [1.29, 1.82) is 0 Å². The molecule has 0 aromatic carbocycles. The van der Waals surface area contributed by atoms with E-state index in [1.165, 1.54) is 5.75 Å². The summed E-state index contributed by atoms with van der Waals surface area (Å²) < 4.78 is 0. The molecule has 0 spiro atoms. The zero-order valence-corrected chi connectivity index (χ0v) is 8.90. The van der Waals surface area contributed by atoms with Crippen LogP contribution in [-0.4, -0.2) is 28.5 Å². The molecule has 1 heterocycles. The van der Waals surface area contributed by atoms with Gasteiger partial charge in [0.05, 0.1) is 5.69 Å². The SMILES string of the molecule is CSCCCNc1nccnc1C. The summed E-state index contributed by atoms with van der Waals surface area (Å²) in [6, 6.07) is 0. The van der Waals surface area contributed by atoms with Gasteiger partial charge in [0.2, 0.25) is 0 Å². The molecule has 0 aliphatic rings. The molecule has 72 valence electrons. The highest BCUT2D eigenvalue weighted by Gasteiger charge is 1.96. The van der Waals surface area contributed by atoms with Crippen LogP contribution in [0.15, 0.2) is 12.4 Å². The molecule has 4 heteroatoms. The van der Waals surface area contributed by atoms with Gasteiger partial charge < -0.3 is 5.32 Å². The molecular formula is C9H15N3S. The fourth-order valence-electron chi connectivity index (χ4n) is 1.00. The van der Waals surface area contributed by atoms with Crippen LogP contribution in [0.4, 0.5) is 5.82 Å². The maximum atomic E-state index is 4.20. The minimum atomic E-state index is 0.906. The number of hydrogen-bond acceptors (Lipinski definition) is 4. The first-order valence-corrected chi connectivity index (χ1v) is 5.74. The number of rotatable bonds is 5. The molecule has 1 aromatic rings. The topological polar surface area (TPSA) is 37.8 Å². The first-order chi connectivity index (χ1) is 6.34. The second kappa shape index (κ2) is 5.80. The Morgan fingerprint density at radius 3 is 2.85 bits per heavy atom. The first kappa shape index (κ1) is 10.3. The van der Waals surface area contributed by atoms with Gasteiger partial charge in [0.1, 0.15) is 5.82 Å². The molecule has 0 aliphatic carbocycles. The monoisotopic (exact) mass is 197 g/mol. The van der Waals surface area contributed by atoms with Crippen LogP contribution in [0.2, 0.25) is 0 Å². The second-order valence-electron chi connectivity index (χ2n) is 2.76. The van der Waals surface area contributed by atoms with Gasteiger partial charge in [0, 0.05) is 18.9 Å². The predicted molar refractivity (Wildman–Crippen MR) is 58.3 cm³/mol. The number of hydrogen-bond donors (Lipinski definition) is 1. The van der Waals surface area contributed by atoms with Crippen molar-refractivity contribution >= 4 is 17.6 Å². The van der Waals surface area contributed by atoms with Crippen molar-refractivity contribution in [3.63, 3.8) is 0 Å². The third kappa shape index (κ3) is 3.63. The highest BCUT2D eigenvalue weighted by Crippen LogP contribution is 2.06. The van der Waals surface area contributed by atoms with Crippen molar-refractivity contribution in [1.82, 2.24) is 9.97 Å². The zero-order chi connectivity index (χ0) is 9.52. The molecule has 0 aliphatic heterocycles. The van der Waals surface area contributed by atoms with Gasteiger partial charge in [-0.3, -0.25) is 4.98 Å². The molecule has 0 bridgehead atoms. The summed E-state index contributed by atoms with van der Waals surface area (Å²) in [5.74, 6) is 2.09. The molecule has 13 heavy (non-hydrogen) atoms. The fraction of sp³-hybridized carbons (Fsp3) is 0.556. The zero-order valence-electron chi connectivity index (χ0n) is 8.08. The number of aryl methyl sites for hydroxylation is 1. The van der Waals surface area contributed by atoms with E-state index in [2.05, 4.69) is 21.5 Å². The minimum absolute atomic E-state index is 0.906. The van der Waals surface area contributed by atoms with E-state index < -0.39 is 0 Å². The van der Waals surface area contributed by atoms with E-state index >= 15 is 0 Å². The van der Waals surface area contributed by atoms with Crippen LogP contribution in [0.1, 0.15) is 12.1 Å². The number of aromatic nitrogens is 2. The Morgan fingerprint density at radius 2 is 2.15 bits per heavy atom. The lowest BCUT2D eigenvalue weighted by Gasteiger charge is -2.05. The highest BCUT2D eigenvalue weighted by atomic mass is 32.2. The highest BCUT2D eigenvalue weighted by molar-refractivity contribution is 7.98. The molecule has 0 saturated heterocycles. The molecule has 3 nitrogen and oxygen atoms in total. The van der Waals surface area contributed by atoms with E-state index in [1.807, 2.05) is 18.7 Å². The van der Waals surface area contributed by atoms with Gasteiger partial charge in [-0.25, -0.2) is 4.98 Å². The standard InChI is InChI=1S/C9H15N3S/c1-8-9(12-6-5-10-8)11-4-3-7-13-2/h5-6H,3-4,7H2,1-2H3,(H,11,12). The Hall–Kier alpha value is -0.770. The average Bonchev–Trinajstić information content (AvgIpc) is 2.15. The van der Waals surface area contributed by atoms with Crippen molar-refractivity contribution in [3.8, 4) is 0 Å². The van der Waals surface area contributed by atoms with Crippen LogP contribution in [-0.2, 0) is 0 Å². The van der Waals surface area contributed by atoms with Gasteiger partial charge >= 0.3 is 0 Å².